The number of nitrogens with one attached hydrogen (secondary N) is 1. The van der Waals surface area contributed by atoms with Gasteiger partial charge in [0.05, 0.1) is 0 Å². The number of hydrogen-bond acceptors (Lipinski definition) is 2. The van der Waals surface area contributed by atoms with Crippen molar-refractivity contribution in [3.63, 3.8) is 0 Å². The Morgan fingerprint density at radius 1 is 1.33 bits per heavy atom. The van der Waals surface area contributed by atoms with E-state index in [2.05, 4.69) is 12.2 Å². The molecular formula is C14H17NO3. The number of carbonyl (C=O) groups excluding carboxylic acids is 1. The van der Waals surface area contributed by atoms with Crippen molar-refractivity contribution in [2.24, 2.45) is 5.41 Å². The van der Waals surface area contributed by atoms with Gasteiger partial charge in [-0.05, 0) is 30.9 Å². The molecule has 1 aliphatic rings. The molecule has 0 bridgehead atoms. The third-order valence-electron chi connectivity index (χ3n) is 3.38. The smallest absolute Gasteiger partial charge is 0.319 e. The molecule has 0 aromatic heterocycles. The molecule has 18 heavy (non-hydrogen) atoms. The molecule has 1 aliphatic carbocycles. The molecule has 1 fully saturated rings. The Morgan fingerprint density at radius 2 is 2.00 bits per heavy atom. The number of carboxylic acid groups (broad SMARTS) is 1. The molecule has 0 atom stereocenters. The van der Waals surface area contributed by atoms with Gasteiger partial charge in [0.1, 0.15) is 5.41 Å². The maximum Gasteiger partial charge on any atom is 0.319 e. The fraction of sp³-hybridized carbons (Fsp3) is 0.429. The molecule has 1 amide bonds. The molecule has 0 unspecified atom stereocenters. The van der Waals surface area contributed by atoms with Crippen molar-refractivity contribution in [1.29, 1.82) is 0 Å². The van der Waals surface area contributed by atoms with Crippen molar-refractivity contribution in [1.82, 2.24) is 0 Å². The second-order valence-electron chi connectivity index (χ2n) is 4.75. The van der Waals surface area contributed by atoms with Crippen LogP contribution in [-0.4, -0.2) is 17.0 Å². The highest BCUT2D eigenvalue weighted by atomic mass is 16.4. The lowest BCUT2D eigenvalue weighted by atomic mass is 10.0. The molecule has 2 N–H and O–H groups in total. The van der Waals surface area contributed by atoms with Crippen molar-refractivity contribution in [2.75, 3.05) is 5.32 Å². The van der Waals surface area contributed by atoms with Crippen molar-refractivity contribution >= 4 is 17.6 Å². The highest BCUT2D eigenvalue weighted by Crippen LogP contribution is 2.46. The molecule has 0 aliphatic heterocycles. The molecule has 0 heterocycles. The molecule has 2 rings (SSSR count). The summed E-state index contributed by atoms with van der Waals surface area (Å²) in [5, 5.41) is 11.8. The van der Waals surface area contributed by atoms with Crippen LogP contribution in [0.3, 0.4) is 0 Å². The summed E-state index contributed by atoms with van der Waals surface area (Å²) in [5.41, 5.74) is 0.602. The lowest BCUT2D eigenvalue weighted by Crippen LogP contribution is -2.31. The predicted octanol–water partition coefficient (Wildman–Crippen LogP) is 2.44. The van der Waals surface area contributed by atoms with Crippen LogP contribution >= 0.6 is 0 Å². The Hall–Kier alpha value is -1.84. The number of aliphatic carboxylic acids is 1. The third kappa shape index (κ3) is 2.23. The summed E-state index contributed by atoms with van der Waals surface area (Å²) in [5.74, 6) is -1.41. The zero-order chi connectivity index (χ0) is 13.2. The number of carbonyl (C=O) groups is 2. The SMILES string of the molecule is CCCc1ccccc1NC(=O)C1(C(=O)O)CC1. The zero-order valence-electron chi connectivity index (χ0n) is 10.4. The van der Waals surface area contributed by atoms with Crippen LogP contribution in [0.4, 0.5) is 5.69 Å². The number of hydrogen-bond donors (Lipinski definition) is 2. The number of anilines is 1. The van der Waals surface area contributed by atoms with Gasteiger partial charge in [0, 0.05) is 5.69 Å². The number of carboxylic acids is 1. The van der Waals surface area contributed by atoms with E-state index in [0.717, 1.165) is 24.1 Å². The van der Waals surface area contributed by atoms with Crippen molar-refractivity contribution < 1.29 is 14.7 Å². The number of benzene rings is 1. The molecule has 96 valence electrons. The lowest BCUT2D eigenvalue weighted by molar-refractivity contribution is -0.147. The quantitative estimate of drug-likeness (QED) is 0.785. The summed E-state index contributed by atoms with van der Waals surface area (Å²) in [7, 11) is 0. The predicted molar refractivity (Wildman–Crippen MR) is 68.4 cm³/mol. The summed E-state index contributed by atoms with van der Waals surface area (Å²) in [6, 6.07) is 7.54. The van der Waals surface area contributed by atoms with Gasteiger partial charge in [0.15, 0.2) is 0 Å². The molecular weight excluding hydrogens is 230 g/mol. The number of para-hydroxylation sites is 1. The van der Waals surface area contributed by atoms with Crippen LogP contribution in [0.5, 0.6) is 0 Å². The highest BCUT2D eigenvalue weighted by molar-refractivity contribution is 6.11. The summed E-state index contributed by atoms with van der Waals surface area (Å²) in [6.45, 7) is 2.07. The number of aryl methyl sites for hydroxylation is 1. The first kappa shape index (κ1) is 12.6. The average molecular weight is 247 g/mol. The molecule has 0 spiro atoms. The van der Waals surface area contributed by atoms with E-state index in [0.29, 0.717) is 12.8 Å². The van der Waals surface area contributed by atoms with E-state index >= 15 is 0 Å². The Bertz CT molecular complexity index is 478. The van der Waals surface area contributed by atoms with Crippen LogP contribution in [0.15, 0.2) is 24.3 Å². The Labute approximate surface area is 106 Å². The molecule has 4 heteroatoms. The van der Waals surface area contributed by atoms with E-state index in [1.165, 1.54) is 0 Å². The van der Waals surface area contributed by atoms with Crippen molar-refractivity contribution in [3.05, 3.63) is 29.8 Å². The van der Waals surface area contributed by atoms with E-state index < -0.39 is 17.3 Å². The molecule has 0 saturated heterocycles. The second kappa shape index (κ2) is 4.80. The maximum absolute atomic E-state index is 12.0. The summed E-state index contributed by atoms with van der Waals surface area (Å²) < 4.78 is 0. The minimum Gasteiger partial charge on any atom is -0.480 e. The topological polar surface area (TPSA) is 66.4 Å². The van der Waals surface area contributed by atoms with E-state index in [9.17, 15) is 9.59 Å². The minimum absolute atomic E-state index is 0.390. The van der Waals surface area contributed by atoms with Crippen LogP contribution in [-0.2, 0) is 16.0 Å². The van der Waals surface area contributed by atoms with Gasteiger partial charge in [0.25, 0.3) is 0 Å². The summed E-state index contributed by atoms with van der Waals surface area (Å²) >= 11 is 0. The summed E-state index contributed by atoms with van der Waals surface area (Å²) in [4.78, 5) is 23.1. The Balaban J connectivity index is 2.15. The Morgan fingerprint density at radius 3 is 2.56 bits per heavy atom. The fourth-order valence-electron chi connectivity index (χ4n) is 2.03. The second-order valence-corrected chi connectivity index (χ2v) is 4.75. The molecule has 0 radical (unpaired) electrons. The normalized spacial score (nSPS) is 16.1. The number of amides is 1. The van der Waals surface area contributed by atoms with Crippen LogP contribution in [0.25, 0.3) is 0 Å². The third-order valence-corrected chi connectivity index (χ3v) is 3.38. The van der Waals surface area contributed by atoms with E-state index in [1.807, 2.05) is 24.3 Å². The fourth-order valence-corrected chi connectivity index (χ4v) is 2.03. The van der Waals surface area contributed by atoms with Gasteiger partial charge < -0.3 is 10.4 Å². The molecule has 1 aromatic carbocycles. The van der Waals surface area contributed by atoms with E-state index in [1.54, 1.807) is 0 Å². The van der Waals surface area contributed by atoms with Crippen LogP contribution in [0, 0.1) is 5.41 Å². The van der Waals surface area contributed by atoms with Gasteiger partial charge in [-0.1, -0.05) is 31.5 Å². The maximum atomic E-state index is 12.0. The van der Waals surface area contributed by atoms with Gasteiger partial charge in [0.2, 0.25) is 5.91 Å². The first-order valence-electron chi connectivity index (χ1n) is 6.23. The monoisotopic (exact) mass is 247 g/mol. The van der Waals surface area contributed by atoms with E-state index in [4.69, 9.17) is 5.11 Å². The van der Waals surface area contributed by atoms with Crippen molar-refractivity contribution in [3.8, 4) is 0 Å². The minimum atomic E-state index is -1.18. The first-order chi connectivity index (χ1) is 8.60. The van der Waals surface area contributed by atoms with Crippen LogP contribution < -0.4 is 5.32 Å². The lowest BCUT2D eigenvalue weighted by Gasteiger charge is -2.13. The van der Waals surface area contributed by atoms with Crippen LogP contribution in [0.1, 0.15) is 31.7 Å². The van der Waals surface area contributed by atoms with Gasteiger partial charge >= 0.3 is 5.97 Å². The van der Waals surface area contributed by atoms with Gasteiger partial charge in [-0.3, -0.25) is 9.59 Å². The largest absolute Gasteiger partial charge is 0.480 e. The Kier molecular flexibility index (Phi) is 3.36. The number of rotatable bonds is 5. The van der Waals surface area contributed by atoms with Gasteiger partial charge in [-0.25, -0.2) is 0 Å². The molecule has 1 aromatic rings. The summed E-state index contributed by atoms with van der Waals surface area (Å²) in [6.07, 6.45) is 2.72. The molecule has 1 saturated carbocycles. The standard InChI is InChI=1S/C14H17NO3/c1-2-5-10-6-3-4-7-11(10)15-12(16)14(8-9-14)13(17)18/h3-4,6-7H,2,5,8-9H2,1H3,(H,15,16)(H,17,18). The molecule has 4 nitrogen and oxygen atoms in total. The average Bonchev–Trinajstić information content (AvgIpc) is 3.13. The van der Waals surface area contributed by atoms with Gasteiger partial charge in [-0.15, -0.1) is 0 Å². The van der Waals surface area contributed by atoms with E-state index in [-0.39, 0.29) is 0 Å². The first-order valence-corrected chi connectivity index (χ1v) is 6.23. The highest BCUT2D eigenvalue weighted by Gasteiger charge is 2.57. The van der Waals surface area contributed by atoms with Crippen LogP contribution in [0.2, 0.25) is 0 Å². The zero-order valence-corrected chi connectivity index (χ0v) is 10.4. The van der Waals surface area contributed by atoms with Gasteiger partial charge in [-0.2, -0.15) is 0 Å². The van der Waals surface area contributed by atoms with Crippen molar-refractivity contribution in [2.45, 2.75) is 32.6 Å².